The van der Waals surface area contributed by atoms with Crippen LogP contribution in [0, 0.1) is 0 Å². The van der Waals surface area contributed by atoms with Crippen molar-refractivity contribution < 1.29 is 0 Å². The summed E-state index contributed by atoms with van der Waals surface area (Å²) < 4.78 is 0.794. The lowest BCUT2D eigenvalue weighted by atomic mass is 10.2. The molecule has 2 nitrogen and oxygen atoms in total. The van der Waals surface area contributed by atoms with Crippen molar-refractivity contribution in [2.75, 3.05) is 0 Å². The van der Waals surface area contributed by atoms with Gasteiger partial charge in [0, 0.05) is 16.3 Å². The van der Waals surface area contributed by atoms with Gasteiger partial charge in [-0.15, -0.1) is 22.7 Å². The van der Waals surface area contributed by atoms with Gasteiger partial charge in [0.25, 0.3) is 0 Å². The molecule has 86 valence electrons. The number of thiophene rings is 1. The number of nitrogens with zero attached hydrogens (tertiary/aromatic N) is 1. The minimum absolute atomic E-state index is 0.0675. The fourth-order valence-electron chi connectivity index (χ4n) is 1.47. The van der Waals surface area contributed by atoms with Crippen LogP contribution in [-0.4, -0.2) is 4.98 Å². The zero-order chi connectivity index (χ0) is 11.5. The van der Waals surface area contributed by atoms with E-state index in [0.717, 1.165) is 33.4 Å². The van der Waals surface area contributed by atoms with E-state index < -0.39 is 0 Å². The van der Waals surface area contributed by atoms with Gasteiger partial charge in [0.2, 0.25) is 0 Å². The zero-order valence-corrected chi connectivity index (χ0v) is 11.3. The van der Waals surface area contributed by atoms with Gasteiger partial charge in [-0.25, -0.2) is 4.98 Å². The predicted octanol–water partition coefficient (Wildman–Crippen LogP) is 4.32. The van der Waals surface area contributed by atoms with Crippen molar-refractivity contribution in [2.24, 2.45) is 5.73 Å². The van der Waals surface area contributed by atoms with E-state index in [4.69, 9.17) is 17.3 Å². The Kier molecular flexibility index (Phi) is 3.97. The second-order valence-corrected chi connectivity index (χ2v) is 6.04. The van der Waals surface area contributed by atoms with Gasteiger partial charge in [0.15, 0.2) is 0 Å². The summed E-state index contributed by atoms with van der Waals surface area (Å²) in [6, 6.07) is 2.01. The number of nitrogens with two attached hydrogens (primary N) is 1. The van der Waals surface area contributed by atoms with Crippen LogP contribution in [0.1, 0.15) is 30.8 Å². The number of rotatable bonds is 4. The third-order valence-electron chi connectivity index (χ3n) is 2.30. The summed E-state index contributed by atoms with van der Waals surface area (Å²) in [7, 11) is 0. The Morgan fingerprint density at radius 1 is 1.44 bits per heavy atom. The van der Waals surface area contributed by atoms with Crippen LogP contribution in [0.25, 0.3) is 11.3 Å². The highest BCUT2D eigenvalue weighted by Gasteiger charge is 2.11. The first kappa shape index (κ1) is 12.0. The first-order chi connectivity index (χ1) is 7.70. The summed E-state index contributed by atoms with van der Waals surface area (Å²) in [4.78, 5) is 4.55. The quantitative estimate of drug-likeness (QED) is 0.900. The van der Waals surface area contributed by atoms with E-state index in [1.165, 1.54) is 11.3 Å². The van der Waals surface area contributed by atoms with Crippen LogP contribution >= 0.6 is 34.3 Å². The van der Waals surface area contributed by atoms with Gasteiger partial charge in [-0.05, 0) is 12.5 Å². The molecule has 1 atom stereocenters. The van der Waals surface area contributed by atoms with Gasteiger partial charge in [-0.2, -0.15) is 0 Å². The van der Waals surface area contributed by atoms with Gasteiger partial charge in [-0.1, -0.05) is 24.9 Å². The lowest BCUT2D eigenvalue weighted by Crippen LogP contribution is -2.09. The highest BCUT2D eigenvalue weighted by atomic mass is 35.5. The summed E-state index contributed by atoms with van der Waals surface area (Å²) in [5, 5.41) is 5.08. The maximum Gasteiger partial charge on any atom is 0.110 e. The SMILES string of the molecule is CCCC(N)c1nc(-c2csc(Cl)c2)cs1. The lowest BCUT2D eigenvalue weighted by molar-refractivity contribution is 0.635. The number of hydrogen-bond donors (Lipinski definition) is 1. The van der Waals surface area contributed by atoms with Crippen LogP contribution in [0.3, 0.4) is 0 Å². The fourth-order valence-corrected chi connectivity index (χ4v) is 3.21. The van der Waals surface area contributed by atoms with E-state index in [2.05, 4.69) is 11.9 Å². The first-order valence-electron chi connectivity index (χ1n) is 5.16. The number of hydrogen-bond acceptors (Lipinski definition) is 4. The van der Waals surface area contributed by atoms with E-state index >= 15 is 0 Å². The van der Waals surface area contributed by atoms with E-state index in [0.29, 0.717) is 0 Å². The largest absolute Gasteiger partial charge is 0.322 e. The van der Waals surface area contributed by atoms with Crippen LogP contribution < -0.4 is 5.73 Å². The molecule has 0 amide bonds. The van der Waals surface area contributed by atoms with Crippen LogP contribution in [0.4, 0.5) is 0 Å². The Hall–Kier alpha value is -0.420. The molecule has 2 N–H and O–H groups in total. The molecule has 0 fully saturated rings. The Morgan fingerprint density at radius 3 is 2.88 bits per heavy atom. The Balaban J connectivity index is 2.19. The molecule has 2 heterocycles. The van der Waals surface area contributed by atoms with E-state index in [1.54, 1.807) is 11.3 Å². The first-order valence-corrected chi connectivity index (χ1v) is 7.30. The molecule has 2 rings (SSSR count). The molecule has 2 aromatic heterocycles. The van der Waals surface area contributed by atoms with Crippen molar-refractivity contribution in [3.63, 3.8) is 0 Å². The minimum Gasteiger partial charge on any atom is -0.322 e. The van der Waals surface area contributed by atoms with Crippen LogP contribution in [0.15, 0.2) is 16.8 Å². The van der Waals surface area contributed by atoms with Crippen LogP contribution in [0.5, 0.6) is 0 Å². The molecule has 0 saturated carbocycles. The predicted molar refractivity (Wildman–Crippen MR) is 72.3 cm³/mol. The summed E-state index contributed by atoms with van der Waals surface area (Å²) in [6.45, 7) is 2.13. The molecule has 16 heavy (non-hydrogen) atoms. The maximum atomic E-state index is 6.03. The van der Waals surface area contributed by atoms with Crippen molar-refractivity contribution in [3.05, 3.63) is 26.2 Å². The van der Waals surface area contributed by atoms with Crippen LogP contribution in [-0.2, 0) is 0 Å². The van der Waals surface area contributed by atoms with Crippen molar-refractivity contribution >= 4 is 34.3 Å². The third-order valence-corrected chi connectivity index (χ3v) is 4.37. The van der Waals surface area contributed by atoms with Gasteiger partial charge in [0.1, 0.15) is 5.01 Å². The molecule has 5 heteroatoms. The van der Waals surface area contributed by atoms with E-state index in [1.807, 2.05) is 16.8 Å². The van der Waals surface area contributed by atoms with Crippen molar-refractivity contribution in [1.29, 1.82) is 0 Å². The molecule has 0 aromatic carbocycles. The van der Waals surface area contributed by atoms with Gasteiger partial charge < -0.3 is 5.73 Å². The Bertz CT molecular complexity index is 464. The minimum atomic E-state index is 0.0675. The van der Waals surface area contributed by atoms with Gasteiger partial charge in [0.05, 0.1) is 16.1 Å². The summed E-state index contributed by atoms with van der Waals surface area (Å²) in [6.07, 6.45) is 2.07. The molecule has 0 bridgehead atoms. The van der Waals surface area contributed by atoms with Crippen LogP contribution in [0.2, 0.25) is 4.34 Å². The molecule has 0 spiro atoms. The normalized spacial score (nSPS) is 12.9. The molecule has 0 aliphatic rings. The molecular weight excluding hydrogens is 260 g/mol. The number of thiazole rings is 1. The van der Waals surface area contributed by atoms with Gasteiger partial charge >= 0.3 is 0 Å². The van der Waals surface area contributed by atoms with Crippen molar-refractivity contribution in [3.8, 4) is 11.3 Å². The fraction of sp³-hybridized carbons (Fsp3) is 0.364. The molecule has 0 aliphatic heterocycles. The molecular formula is C11H13ClN2S2. The smallest absolute Gasteiger partial charge is 0.110 e. The Morgan fingerprint density at radius 2 is 2.25 bits per heavy atom. The maximum absolute atomic E-state index is 6.03. The Labute approximate surface area is 108 Å². The van der Waals surface area contributed by atoms with E-state index in [-0.39, 0.29) is 6.04 Å². The summed E-state index contributed by atoms with van der Waals surface area (Å²) in [5.41, 5.74) is 8.09. The third kappa shape index (κ3) is 2.63. The topological polar surface area (TPSA) is 38.9 Å². The second-order valence-electron chi connectivity index (χ2n) is 3.61. The monoisotopic (exact) mass is 272 g/mol. The second kappa shape index (κ2) is 5.27. The standard InChI is InChI=1S/C11H13ClN2S2/c1-2-3-8(13)11-14-9(6-16-11)7-4-10(12)15-5-7/h4-6,8H,2-3,13H2,1H3. The van der Waals surface area contributed by atoms with Gasteiger partial charge in [-0.3, -0.25) is 0 Å². The highest BCUT2D eigenvalue weighted by molar-refractivity contribution is 7.14. The summed E-state index contributed by atoms with van der Waals surface area (Å²) >= 11 is 9.05. The average molecular weight is 273 g/mol. The zero-order valence-electron chi connectivity index (χ0n) is 8.94. The molecule has 0 aliphatic carbocycles. The van der Waals surface area contributed by atoms with Crippen molar-refractivity contribution in [1.82, 2.24) is 4.98 Å². The molecule has 2 aromatic rings. The molecule has 1 unspecified atom stereocenters. The highest BCUT2D eigenvalue weighted by Crippen LogP contribution is 2.31. The number of halogens is 1. The lowest BCUT2D eigenvalue weighted by Gasteiger charge is -2.04. The molecule has 0 radical (unpaired) electrons. The average Bonchev–Trinajstić information content (AvgIpc) is 2.85. The van der Waals surface area contributed by atoms with E-state index in [9.17, 15) is 0 Å². The molecule has 0 saturated heterocycles. The number of aromatic nitrogens is 1. The van der Waals surface area contributed by atoms with Crippen molar-refractivity contribution in [2.45, 2.75) is 25.8 Å². The summed E-state index contributed by atoms with van der Waals surface area (Å²) in [5.74, 6) is 0.